The molecule has 0 N–H and O–H groups in total. The molecule has 1 atom stereocenters. The van der Waals surface area contributed by atoms with Gasteiger partial charge in [0.05, 0.1) is 23.5 Å². The number of fused-ring (bicyclic) bond motifs is 1. The number of nitrogens with zero attached hydrogens (tertiary/aromatic N) is 5. The summed E-state index contributed by atoms with van der Waals surface area (Å²) < 4.78 is 15.8. The first-order chi connectivity index (χ1) is 18.6. The number of piperidine rings is 1. The van der Waals surface area contributed by atoms with Gasteiger partial charge in [-0.25, -0.2) is 9.37 Å². The lowest BCUT2D eigenvalue weighted by molar-refractivity contribution is -0.137. The third kappa shape index (κ3) is 4.90. The Balaban J connectivity index is 1.14. The van der Waals surface area contributed by atoms with E-state index in [4.69, 9.17) is 4.98 Å². The van der Waals surface area contributed by atoms with Crippen molar-refractivity contribution >= 4 is 22.6 Å². The molecule has 2 saturated heterocycles. The molecule has 3 heterocycles. The Morgan fingerprint density at radius 2 is 1.66 bits per heavy atom. The van der Waals surface area contributed by atoms with E-state index >= 15 is 0 Å². The lowest BCUT2D eigenvalue weighted by Crippen LogP contribution is -2.52. The molecule has 0 bridgehead atoms. The average molecular weight is 512 g/mol. The first-order valence-electron chi connectivity index (χ1n) is 13.6. The van der Waals surface area contributed by atoms with E-state index in [1.54, 1.807) is 12.1 Å². The summed E-state index contributed by atoms with van der Waals surface area (Å²) in [7, 11) is 0. The van der Waals surface area contributed by atoms with Gasteiger partial charge in [0.25, 0.3) is 0 Å². The molecular weight excluding hydrogens is 477 g/mol. The summed E-state index contributed by atoms with van der Waals surface area (Å²) in [5.74, 6) is 0.957. The molecule has 196 valence electrons. The zero-order valence-corrected chi connectivity index (χ0v) is 21.9. The number of carbonyl (C=O) groups is 1. The number of hydrogen-bond donors (Lipinski definition) is 0. The van der Waals surface area contributed by atoms with E-state index in [1.165, 1.54) is 23.4 Å². The van der Waals surface area contributed by atoms with E-state index < -0.39 is 0 Å². The van der Waals surface area contributed by atoms with Gasteiger partial charge >= 0.3 is 0 Å². The number of hydrogen-bond acceptors (Lipinski definition) is 4. The molecule has 1 aromatic heterocycles. The molecule has 3 aromatic carbocycles. The number of para-hydroxylation sites is 3. The number of carbonyl (C=O) groups excluding carboxylic acids is 1. The first kappa shape index (κ1) is 24.6. The Bertz CT molecular complexity index is 1420. The van der Waals surface area contributed by atoms with Crippen LogP contribution < -0.4 is 4.90 Å². The minimum absolute atomic E-state index is 0.0115. The van der Waals surface area contributed by atoms with Crippen LogP contribution in [0.1, 0.15) is 24.2 Å². The molecule has 1 amide bonds. The molecule has 7 heteroatoms. The number of amides is 1. The molecule has 2 aliphatic heterocycles. The highest BCUT2D eigenvalue weighted by Crippen LogP contribution is 2.27. The summed E-state index contributed by atoms with van der Waals surface area (Å²) in [6, 6.07) is 23.1. The van der Waals surface area contributed by atoms with Crippen LogP contribution in [0.2, 0.25) is 0 Å². The Kier molecular flexibility index (Phi) is 6.85. The van der Waals surface area contributed by atoms with Crippen LogP contribution in [0.15, 0.2) is 72.8 Å². The van der Waals surface area contributed by atoms with E-state index in [1.807, 2.05) is 24.3 Å². The van der Waals surface area contributed by atoms with Crippen LogP contribution in [0.4, 0.5) is 10.1 Å². The lowest BCUT2D eigenvalue weighted by atomic mass is 9.96. The fraction of sp³-hybridized carbons (Fsp3) is 0.355. The Labute approximate surface area is 223 Å². The maximum Gasteiger partial charge on any atom is 0.227 e. The number of benzene rings is 3. The van der Waals surface area contributed by atoms with E-state index in [0.29, 0.717) is 6.54 Å². The van der Waals surface area contributed by atoms with Gasteiger partial charge in [-0.2, -0.15) is 0 Å². The second-order valence-corrected chi connectivity index (χ2v) is 10.5. The van der Waals surface area contributed by atoms with E-state index in [9.17, 15) is 9.18 Å². The monoisotopic (exact) mass is 511 g/mol. The van der Waals surface area contributed by atoms with Gasteiger partial charge in [-0.1, -0.05) is 30.3 Å². The van der Waals surface area contributed by atoms with Crippen LogP contribution in [0.5, 0.6) is 0 Å². The van der Waals surface area contributed by atoms with Gasteiger partial charge in [0.1, 0.15) is 11.6 Å². The van der Waals surface area contributed by atoms with Crippen molar-refractivity contribution in [1.82, 2.24) is 19.4 Å². The lowest BCUT2D eigenvalue weighted by Gasteiger charge is -2.40. The predicted molar refractivity (Wildman–Crippen MR) is 149 cm³/mol. The predicted octanol–water partition coefficient (Wildman–Crippen LogP) is 5.03. The summed E-state index contributed by atoms with van der Waals surface area (Å²) in [5, 5.41) is 0. The molecule has 0 spiro atoms. The topological polar surface area (TPSA) is 44.6 Å². The normalized spacial score (nSPS) is 18.7. The van der Waals surface area contributed by atoms with Crippen molar-refractivity contribution in [2.75, 3.05) is 44.2 Å². The van der Waals surface area contributed by atoms with E-state index in [2.05, 4.69) is 50.5 Å². The number of likely N-dealkylation sites (tertiary alicyclic amines) is 1. The zero-order valence-electron chi connectivity index (χ0n) is 21.9. The van der Waals surface area contributed by atoms with Crippen LogP contribution in [0.3, 0.4) is 0 Å². The van der Waals surface area contributed by atoms with Gasteiger partial charge in [-0.15, -0.1) is 0 Å². The van der Waals surface area contributed by atoms with E-state index in [0.717, 1.165) is 74.7 Å². The standard InChI is InChI=1S/C31H34FN5O/c1-23-7-2-4-10-28(23)35-17-19-36(20-18-35)31(38)24-8-6-16-34(21-24)22-30-33-27-9-3-5-11-29(27)37(30)26-14-12-25(32)13-15-26/h2-5,7,9-15,24H,6,8,16-22H2,1H3/t24-/m1/s1. The van der Waals surface area contributed by atoms with Gasteiger partial charge < -0.3 is 9.80 Å². The maximum atomic E-state index is 13.6. The van der Waals surface area contributed by atoms with Gasteiger partial charge in [-0.3, -0.25) is 14.3 Å². The molecule has 0 radical (unpaired) electrons. The second-order valence-electron chi connectivity index (χ2n) is 10.5. The summed E-state index contributed by atoms with van der Waals surface area (Å²) in [6.45, 7) is 7.75. The Hall–Kier alpha value is -3.71. The van der Waals surface area contributed by atoms with Crippen molar-refractivity contribution in [3.8, 4) is 5.69 Å². The number of rotatable bonds is 5. The van der Waals surface area contributed by atoms with Crippen molar-refractivity contribution in [3.05, 3.63) is 90.0 Å². The molecule has 0 unspecified atom stereocenters. The summed E-state index contributed by atoms with van der Waals surface area (Å²) in [5.41, 5.74) is 5.37. The van der Waals surface area contributed by atoms with Crippen LogP contribution in [-0.2, 0) is 11.3 Å². The highest BCUT2D eigenvalue weighted by atomic mass is 19.1. The molecule has 6 rings (SSSR count). The number of aromatic nitrogens is 2. The molecular formula is C31H34FN5O. The molecule has 4 aromatic rings. The van der Waals surface area contributed by atoms with Crippen molar-refractivity contribution in [3.63, 3.8) is 0 Å². The number of halogens is 1. The largest absolute Gasteiger partial charge is 0.368 e. The number of anilines is 1. The average Bonchev–Trinajstić information content (AvgIpc) is 3.31. The highest BCUT2D eigenvalue weighted by Gasteiger charge is 2.32. The Morgan fingerprint density at radius 3 is 2.45 bits per heavy atom. The maximum absolute atomic E-state index is 13.6. The van der Waals surface area contributed by atoms with Crippen LogP contribution >= 0.6 is 0 Å². The minimum Gasteiger partial charge on any atom is -0.368 e. The molecule has 2 aliphatic rings. The summed E-state index contributed by atoms with van der Waals surface area (Å²) >= 11 is 0. The van der Waals surface area contributed by atoms with Crippen LogP contribution in [-0.4, -0.2) is 64.5 Å². The fourth-order valence-electron chi connectivity index (χ4n) is 6.01. The van der Waals surface area contributed by atoms with Crippen molar-refractivity contribution in [2.24, 2.45) is 5.92 Å². The molecule has 38 heavy (non-hydrogen) atoms. The Morgan fingerprint density at radius 1 is 0.921 bits per heavy atom. The zero-order chi connectivity index (χ0) is 26.1. The molecule has 6 nitrogen and oxygen atoms in total. The molecule has 0 aliphatic carbocycles. The van der Waals surface area contributed by atoms with Gasteiger partial charge in [0.2, 0.25) is 5.91 Å². The quantitative estimate of drug-likeness (QED) is 0.377. The minimum atomic E-state index is -0.253. The number of imidazole rings is 1. The van der Waals surface area contributed by atoms with E-state index in [-0.39, 0.29) is 17.6 Å². The third-order valence-corrected chi connectivity index (χ3v) is 7.98. The van der Waals surface area contributed by atoms with Crippen molar-refractivity contribution in [1.29, 1.82) is 0 Å². The van der Waals surface area contributed by atoms with Crippen molar-refractivity contribution < 1.29 is 9.18 Å². The summed E-state index contributed by atoms with van der Waals surface area (Å²) in [4.78, 5) is 25.3. The first-order valence-corrected chi connectivity index (χ1v) is 13.6. The SMILES string of the molecule is Cc1ccccc1N1CCN(C(=O)[C@@H]2CCCN(Cc3nc4ccccc4n3-c3ccc(F)cc3)C2)CC1. The molecule has 2 fully saturated rings. The van der Waals surface area contributed by atoms with Gasteiger partial charge in [-0.05, 0) is 74.3 Å². The van der Waals surface area contributed by atoms with Crippen molar-refractivity contribution in [2.45, 2.75) is 26.3 Å². The number of piperazine rings is 1. The van der Waals surface area contributed by atoms with Crippen LogP contribution in [0, 0.1) is 18.7 Å². The van der Waals surface area contributed by atoms with Crippen LogP contribution in [0.25, 0.3) is 16.7 Å². The summed E-state index contributed by atoms with van der Waals surface area (Å²) in [6.07, 6.45) is 1.93. The van der Waals surface area contributed by atoms with Gasteiger partial charge in [0.15, 0.2) is 0 Å². The highest BCUT2D eigenvalue weighted by molar-refractivity contribution is 5.80. The number of aryl methyl sites for hydroxylation is 1. The second kappa shape index (κ2) is 10.6. The molecule has 0 saturated carbocycles. The smallest absolute Gasteiger partial charge is 0.227 e. The van der Waals surface area contributed by atoms with Gasteiger partial charge in [0, 0.05) is 44.1 Å². The fourth-order valence-corrected chi connectivity index (χ4v) is 6.01. The third-order valence-electron chi connectivity index (χ3n) is 7.98.